The predicted molar refractivity (Wildman–Crippen MR) is 72.7 cm³/mol. The Kier molecular flexibility index (Phi) is 6.11. The van der Waals surface area contributed by atoms with Gasteiger partial charge in [-0.15, -0.1) is 0 Å². The van der Waals surface area contributed by atoms with Crippen molar-refractivity contribution in [3.05, 3.63) is 18.0 Å². The lowest BCUT2D eigenvalue weighted by molar-refractivity contribution is 0.0767. The van der Waals surface area contributed by atoms with Crippen molar-refractivity contribution < 1.29 is 4.79 Å². The molecule has 0 aliphatic rings. The van der Waals surface area contributed by atoms with Crippen LogP contribution in [0.3, 0.4) is 0 Å². The van der Waals surface area contributed by atoms with E-state index in [-0.39, 0.29) is 5.91 Å². The zero-order valence-electron chi connectivity index (χ0n) is 11.4. The number of amides is 1. The van der Waals surface area contributed by atoms with E-state index < -0.39 is 0 Å². The van der Waals surface area contributed by atoms with Crippen molar-refractivity contribution in [3.63, 3.8) is 0 Å². The SMILES string of the molecule is CCCCNc1nccc(C(=O)N(CC)CC)n1. The lowest BCUT2D eigenvalue weighted by atomic mass is 10.3. The van der Waals surface area contributed by atoms with E-state index in [2.05, 4.69) is 22.2 Å². The van der Waals surface area contributed by atoms with Gasteiger partial charge in [-0.3, -0.25) is 4.79 Å². The summed E-state index contributed by atoms with van der Waals surface area (Å²) in [6.45, 7) is 8.27. The van der Waals surface area contributed by atoms with E-state index in [1.807, 2.05) is 13.8 Å². The molecule has 1 heterocycles. The number of carbonyl (C=O) groups is 1. The van der Waals surface area contributed by atoms with Gasteiger partial charge in [-0.2, -0.15) is 0 Å². The summed E-state index contributed by atoms with van der Waals surface area (Å²) in [5.74, 6) is 0.488. The van der Waals surface area contributed by atoms with Crippen LogP contribution in [0.25, 0.3) is 0 Å². The number of hydrogen-bond acceptors (Lipinski definition) is 4. The number of nitrogens with zero attached hydrogens (tertiary/aromatic N) is 3. The Balaban J connectivity index is 2.71. The van der Waals surface area contributed by atoms with Crippen LogP contribution >= 0.6 is 0 Å². The Morgan fingerprint density at radius 1 is 1.33 bits per heavy atom. The third kappa shape index (κ3) is 3.98. The maximum atomic E-state index is 12.1. The van der Waals surface area contributed by atoms with Crippen LogP contribution in [-0.2, 0) is 0 Å². The molecular formula is C13H22N4O. The van der Waals surface area contributed by atoms with Crippen LogP contribution in [0.1, 0.15) is 44.1 Å². The van der Waals surface area contributed by atoms with Gasteiger partial charge in [-0.05, 0) is 26.3 Å². The van der Waals surface area contributed by atoms with E-state index in [0.717, 1.165) is 19.4 Å². The van der Waals surface area contributed by atoms with Crippen molar-refractivity contribution >= 4 is 11.9 Å². The van der Waals surface area contributed by atoms with Gasteiger partial charge in [-0.1, -0.05) is 13.3 Å². The number of rotatable bonds is 7. The molecular weight excluding hydrogens is 228 g/mol. The van der Waals surface area contributed by atoms with Crippen molar-refractivity contribution in [2.24, 2.45) is 0 Å². The molecule has 0 radical (unpaired) electrons. The van der Waals surface area contributed by atoms with Gasteiger partial charge in [0.25, 0.3) is 5.91 Å². The molecule has 0 saturated heterocycles. The molecule has 0 bridgehead atoms. The maximum absolute atomic E-state index is 12.1. The van der Waals surface area contributed by atoms with Crippen LogP contribution in [0, 0.1) is 0 Å². The molecule has 100 valence electrons. The molecule has 0 aliphatic carbocycles. The molecule has 0 unspecified atom stereocenters. The fraction of sp³-hybridized carbons (Fsp3) is 0.615. The fourth-order valence-electron chi connectivity index (χ4n) is 1.61. The maximum Gasteiger partial charge on any atom is 0.272 e. The second kappa shape index (κ2) is 7.63. The van der Waals surface area contributed by atoms with E-state index >= 15 is 0 Å². The molecule has 0 aliphatic heterocycles. The van der Waals surface area contributed by atoms with Crippen LogP contribution in [0.2, 0.25) is 0 Å². The summed E-state index contributed by atoms with van der Waals surface area (Å²) >= 11 is 0. The number of aromatic nitrogens is 2. The Bertz CT molecular complexity index is 377. The van der Waals surface area contributed by atoms with E-state index in [1.165, 1.54) is 0 Å². The minimum atomic E-state index is -0.0408. The van der Waals surface area contributed by atoms with Gasteiger partial charge >= 0.3 is 0 Å². The molecule has 0 spiro atoms. The Labute approximate surface area is 109 Å². The molecule has 1 N–H and O–H groups in total. The first-order valence-corrected chi connectivity index (χ1v) is 6.59. The number of unbranched alkanes of at least 4 members (excludes halogenated alkanes) is 1. The van der Waals surface area contributed by atoms with E-state index in [9.17, 15) is 4.79 Å². The molecule has 0 saturated carbocycles. The van der Waals surface area contributed by atoms with Crippen molar-refractivity contribution in [1.29, 1.82) is 0 Å². The zero-order valence-corrected chi connectivity index (χ0v) is 11.4. The number of hydrogen-bond donors (Lipinski definition) is 1. The van der Waals surface area contributed by atoms with Crippen molar-refractivity contribution in [2.75, 3.05) is 25.0 Å². The molecule has 1 aromatic heterocycles. The Morgan fingerprint density at radius 2 is 2.06 bits per heavy atom. The van der Waals surface area contributed by atoms with E-state index in [4.69, 9.17) is 0 Å². The highest BCUT2D eigenvalue weighted by Crippen LogP contribution is 2.05. The van der Waals surface area contributed by atoms with Gasteiger partial charge in [0.1, 0.15) is 5.69 Å². The first-order valence-electron chi connectivity index (χ1n) is 6.59. The van der Waals surface area contributed by atoms with Crippen molar-refractivity contribution in [1.82, 2.24) is 14.9 Å². The van der Waals surface area contributed by atoms with Crippen LogP contribution in [0.15, 0.2) is 12.3 Å². The average molecular weight is 250 g/mol. The van der Waals surface area contributed by atoms with Gasteiger partial charge in [0.05, 0.1) is 0 Å². The molecule has 0 fully saturated rings. The van der Waals surface area contributed by atoms with Crippen LogP contribution in [-0.4, -0.2) is 40.4 Å². The molecule has 5 heteroatoms. The minimum absolute atomic E-state index is 0.0408. The third-order valence-corrected chi connectivity index (χ3v) is 2.74. The van der Waals surface area contributed by atoms with Crippen LogP contribution in [0.4, 0.5) is 5.95 Å². The summed E-state index contributed by atoms with van der Waals surface area (Å²) in [5.41, 5.74) is 0.452. The van der Waals surface area contributed by atoms with E-state index in [1.54, 1.807) is 17.2 Å². The molecule has 1 aromatic rings. The normalized spacial score (nSPS) is 10.2. The summed E-state index contributed by atoms with van der Waals surface area (Å²) in [5, 5.41) is 3.12. The number of anilines is 1. The molecule has 1 amide bonds. The summed E-state index contributed by atoms with van der Waals surface area (Å²) in [6, 6.07) is 1.66. The van der Waals surface area contributed by atoms with Gasteiger partial charge in [0.15, 0.2) is 0 Å². The summed E-state index contributed by atoms with van der Waals surface area (Å²) in [4.78, 5) is 22.2. The fourth-order valence-corrected chi connectivity index (χ4v) is 1.61. The van der Waals surface area contributed by atoms with Crippen molar-refractivity contribution in [3.8, 4) is 0 Å². The lowest BCUT2D eigenvalue weighted by Gasteiger charge is -2.18. The highest BCUT2D eigenvalue weighted by Gasteiger charge is 2.14. The van der Waals surface area contributed by atoms with Gasteiger partial charge in [0.2, 0.25) is 5.95 Å². The first kappa shape index (κ1) is 14.4. The van der Waals surface area contributed by atoms with Crippen molar-refractivity contribution in [2.45, 2.75) is 33.6 Å². The molecule has 18 heavy (non-hydrogen) atoms. The molecule has 0 aromatic carbocycles. The van der Waals surface area contributed by atoms with Gasteiger partial charge in [-0.25, -0.2) is 9.97 Å². The Morgan fingerprint density at radius 3 is 2.67 bits per heavy atom. The molecule has 5 nitrogen and oxygen atoms in total. The lowest BCUT2D eigenvalue weighted by Crippen LogP contribution is -2.31. The molecule has 1 rings (SSSR count). The second-order valence-corrected chi connectivity index (χ2v) is 4.02. The third-order valence-electron chi connectivity index (χ3n) is 2.74. The van der Waals surface area contributed by atoms with E-state index in [0.29, 0.717) is 24.7 Å². The Hall–Kier alpha value is -1.65. The van der Waals surface area contributed by atoms with Crippen LogP contribution in [0.5, 0.6) is 0 Å². The first-order chi connectivity index (χ1) is 8.72. The zero-order chi connectivity index (χ0) is 13.4. The highest BCUT2D eigenvalue weighted by atomic mass is 16.2. The monoisotopic (exact) mass is 250 g/mol. The van der Waals surface area contributed by atoms with Gasteiger partial charge < -0.3 is 10.2 Å². The minimum Gasteiger partial charge on any atom is -0.354 e. The highest BCUT2D eigenvalue weighted by molar-refractivity contribution is 5.92. The topological polar surface area (TPSA) is 58.1 Å². The summed E-state index contributed by atoms with van der Waals surface area (Å²) in [6.07, 6.45) is 3.81. The smallest absolute Gasteiger partial charge is 0.272 e. The second-order valence-electron chi connectivity index (χ2n) is 4.02. The largest absolute Gasteiger partial charge is 0.354 e. The van der Waals surface area contributed by atoms with Gasteiger partial charge in [0, 0.05) is 25.8 Å². The standard InChI is InChI=1S/C13H22N4O/c1-4-7-9-14-13-15-10-8-11(16-13)12(18)17(5-2)6-3/h8,10H,4-7,9H2,1-3H3,(H,14,15,16). The summed E-state index contributed by atoms with van der Waals surface area (Å²) in [7, 11) is 0. The predicted octanol–water partition coefficient (Wildman–Crippen LogP) is 2.17. The number of nitrogens with one attached hydrogen (secondary N) is 1. The quantitative estimate of drug-likeness (QED) is 0.753. The average Bonchev–Trinajstić information content (AvgIpc) is 2.41. The van der Waals surface area contributed by atoms with Crippen LogP contribution < -0.4 is 5.32 Å². The summed E-state index contributed by atoms with van der Waals surface area (Å²) < 4.78 is 0. The number of carbonyl (C=O) groups excluding carboxylic acids is 1. The molecule has 0 atom stereocenters.